The molecule has 1 aliphatic rings. The number of benzene rings is 3. The van der Waals surface area contributed by atoms with E-state index in [9.17, 15) is 4.79 Å². The van der Waals surface area contributed by atoms with Crippen LogP contribution in [0.4, 0.5) is 5.82 Å². The van der Waals surface area contributed by atoms with Crippen molar-refractivity contribution >= 4 is 22.8 Å². The molecule has 178 valence electrons. The number of hydrogen-bond acceptors (Lipinski definition) is 4. The molecular formula is C30H27N5O. The summed E-state index contributed by atoms with van der Waals surface area (Å²) < 4.78 is 0. The number of nitrogens with zero attached hydrogens (tertiary/aromatic N) is 3. The molecule has 0 unspecified atom stereocenters. The van der Waals surface area contributed by atoms with Gasteiger partial charge in [-0.15, -0.1) is 0 Å². The van der Waals surface area contributed by atoms with Gasteiger partial charge in [0.05, 0.1) is 5.39 Å². The fourth-order valence-corrected chi connectivity index (χ4v) is 5.42. The Morgan fingerprint density at radius 1 is 0.861 bits per heavy atom. The molecule has 6 rings (SSSR count). The minimum absolute atomic E-state index is 0.0513. The molecule has 6 nitrogen and oxygen atoms in total. The van der Waals surface area contributed by atoms with Crippen molar-refractivity contribution < 1.29 is 4.79 Å². The first-order chi connectivity index (χ1) is 17.6. The van der Waals surface area contributed by atoms with Crippen LogP contribution in [-0.4, -0.2) is 38.8 Å². The average Bonchev–Trinajstić information content (AvgIpc) is 3.39. The van der Waals surface area contributed by atoms with Gasteiger partial charge in [0.15, 0.2) is 5.82 Å². The van der Waals surface area contributed by atoms with Gasteiger partial charge in [0.2, 0.25) is 0 Å². The van der Waals surface area contributed by atoms with E-state index in [0.29, 0.717) is 41.5 Å². The van der Waals surface area contributed by atoms with E-state index in [4.69, 9.17) is 5.73 Å². The molecule has 1 amide bonds. The summed E-state index contributed by atoms with van der Waals surface area (Å²) in [6.07, 6.45) is 1.90. The van der Waals surface area contributed by atoms with Crippen molar-refractivity contribution in [2.24, 2.45) is 0 Å². The van der Waals surface area contributed by atoms with E-state index in [-0.39, 0.29) is 11.3 Å². The smallest absolute Gasteiger partial charge is 0.270 e. The van der Waals surface area contributed by atoms with E-state index in [0.717, 1.165) is 18.4 Å². The first-order valence-corrected chi connectivity index (χ1v) is 12.3. The lowest BCUT2D eigenvalue weighted by atomic mass is 9.69. The van der Waals surface area contributed by atoms with Crippen molar-refractivity contribution in [2.45, 2.75) is 18.3 Å². The van der Waals surface area contributed by atoms with E-state index in [2.05, 4.69) is 63.5 Å². The first-order valence-electron chi connectivity index (χ1n) is 12.3. The third kappa shape index (κ3) is 3.81. The van der Waals surface area contributed by atoms with Gasteiger partial charge in [-0.1, -0.05) is 91.0 Å². The van der Waals surface area contributed by atoms with Gasteiger partial charge in [0.25, 0.3) is 5.91 Å². The summed E-state index contributed by atoms with van der Waals surface area (Å²) >= 11 is 0. The quantitative estimate of drug-likeness (QED) is 0.364. The van der Waals surface area contributed by atoms with Crippen molar-refractivity contribution in [2.75, 3.05) is 18.8 Å². The van der Waals surface area contributed by atoms with Gasteiger partial charge >= 0.3 is 0 Å². The maximum absolute atomic E-state index is 13.8. The zero-order valence-electron chi connectivity index (χ0n) is 19.9. The van der Waals surface area contributed by atoms with Crippen LogP contribution in [0.15, 0.2) is 97.1 Å². The highest BCUT2D eigenvalue weighted by Crippen LogP contribution is 2.40. The lowest BCUT2D eigenvalue weighted by Crippen LogP contribution is -2.49. The number of hydrogen-bond donors (Lipinski definition) is 2. The monoisotopic (exact) mass is 473 g/mol. The molecule has 36 heavy (non-hydrogen) atoms. The molecule has 5 aromatic rings. The van der Waals surface area contributed by atoms with Crippen molar-refractivity contribution in [3.8, 4) is 11.4 Å². The molecule has 0 saturated carbocycles. The van der Waals surface area contributed by atoms with Crippen LogP contribution in [0.1, 0.15) is 34.5 Å². The highest BCUT2D eigenvalue weighted by Gasteiger charge is 2.40. The van der Waals surface area contributed by atoms with Gasteiger partial charge in [0, 0.05) is 24.1 Å². The number of amides is 1. The van der Waals surface area contributed by atoms with Gasteiger partial charge in [-0.25, -0.2) is 9.97 Å². The van der Waals surface area contributed by atoms with E-state index < -0.39 is 0 Å². The minimum atomic E-state index is -0.262. The molecule has 3 N–H and O–H groups in total. The molecule has 3 aromatic carbocycles. The van der Waals surface area contributed by atoms with E-state index in [1.54, 1.807) is 6.07 Å². The topological polar surface area (TPSA) is 87.9 Å². The summed E-state index contributed by atoms with van der Waals surface area (Å²) in [5.74, 6) is 0.840. The van der Waals surface area contributed by atoms with Crippen LogP contribution < -0.4 is 5.73 Å². The zero-order valence-corrected chi connectivity index (χ0v) is 19.9. The first kappa shape index (κ1) is 22.0. The Balaban J connectivity index is 1.36. The number of fused-ring (bicyclic) bond motifs is 1. The summed E-state index contributed by atoms with van der Waals surface area (Å²) in [5.41, 5.74) is 10.4. The van der Waals surface area contributed by atoms with Crippen molar-refractivity contribution in [1.29, 1.82) is 0 Å². The van der Waals surface area contributed by atoms with E-state index in [1.807, 2.05) is 47.4 Å². The molecule has 0 spiro atoms. The number of nitrogens with one attached hydrogen (secondary N) is 1. The largest absolute Gasteiger partial charge is 0.383 e. The van der Waals surface area contributed by atoms with Crippen molar-refractivity contribution in [3.63, 3.8) is 0 Å². The second-order valence-corrected chi connectivity index (χ2v) is 9.39. The predicted molar refractivity (Wildman–Crippen MR) is 143 cm³/mol. The van der Waals surface area contributed by atoms with Crippen LogP contribution in [0.5, 0.6) is 0 Å². The van der Waals surface area contributed by atoms with E-state index in [1.165, 1.54) is 11.1 Å². The summed E-state index contributed by atoms with van der Waals surface area (Å²) in [7, 11) is 0. The van der Waals surface area contributed by atoms with Crippen LogP contribution in [0.3, 0.4) is 0 Å². The predicted octanol–water partition coefficient (Wildman–Crippen LogP) is 5.43. The molecular weight excluding hydrogens is 446 g/mol. The normalized spacial score (nSPS) is 15.2. The van der Waals surface area contributed by atoms with Gasteiger partial charge in [-0.2, -0.15) is 0 Å². The minimum Gasteiger partial charge on any atom is -0.383 e. The van der Waals surface area contributed by atoms with Gasteiger partial charge in [-0.3, -0.25) is 4.79 Å². The number of rotatable bonds is 4. The number of carbonyl (C=O) groups is 1. The van der Waals surface area contributed by atoms with Gasteiger partial charge < -0.3 is 15.6 Å². The molecule has 0 atom stereocenters. The number of piperidine rings is 1. The molecule has 6 heteroatoms. The third-order valence-corrected chi connectivity index (χ3v) is 7.21. The maximum Gasteiger partial charge on any atom is 0.270 e. The second-order valence-electron chi connectivity index (χ2n) is 9.39. The lowest BCUT2D eigenvalue weighted by molar-refractivity contribution is 0.0661. The van der Waals surface area contributed by atoms with Crippen molar-refractivity contribution in [1.82, 2.24) is 19.9 Å². The molecule has 0 radical (unpaired) electrons. The number of likely N-dealkylation sites (tertiary alicyclic amines) is 1. The molecule has 1 aliphatic heterocycles. The number of nitrogen functional groups attached to an aromatic ring is 1. The van der Waals surface area contributed by atoms with Crippen LogP contribution in [0.2, 0.25) is 0 Å². The lowest BCUT2D eigenvalue weighted by Gasteiger charge is -2.43. The molecule has 2 aromatic heterocycles. The Bertz CT molecular complexity index is 1470. The Hall–Kier alpha value is -4.45. The fourth-order valence-electron chi connectivity index (χ4n) is 5.42. The van der Waals surface area contributed by atoms with Crippen molar-refractivity contribution in [3.05, 3.63) is 114 Å². The summed E-state index contributed by atoms with van der Waals surface area (Å²) in [6, 6.07) is 32.5. The highest BCUT2D eigenvalue weighted by atomic mass is 16.2. The number of H-pyrrole nitrogens is 1. The van der Waals surface area contributed by atoms with Crippen LogP contribution in [0.25, 0.3) is 22.4 Å². The summed E-state index contributed by atoms with van der Waals surface area (Å²) in [4.78, 5) is 28.1. The van der Waals surface area contributed by atoms with Crippen LogP contribution in [0, 0.1) is 0 Å². The number of aromatic amines is 1. The Labute approximate surface area is 209 Å². The van der Waals surface area contributed by atoms with Gasteiger partial charge in [-0.05, 0) is 30.0 Å². The zero-order chi connectivity index (χ0) is 24.5. The molecule has 1 saturated heterocycles. The molecule has 0 bridgehead atoms. The second kappa shape index (κ2) is 8.96. The summed E-state index contributed by atoms with van der Waals surface area (Å²) in [6.45, 7) is 1.30. The van der Waals surface area contributed by atoms with E-state index >= 15 is 0 Å². The highest BCUT2D eigenvalue weighted by molar-refractivity contribution is 6.00. The Kier molecular flexibility index (Phi) is 5.49. The van der Waals surface area contributed by atoms with Gasteiger partial charge in [0.1, 0.15) is 17.2 Å². The summed E-state index contributed by atoms with van der Waals surface area (Å²) in [5, 5.41) is 0.660. The standard InChI is InChI=1S/C30H27N5O/c31-26-24-19-25(32-28(24)34-27(33-26)21-11-4-1-5-12-21)29(36)35-18-10-17-30(20-35,22-13-6-2-7-14-22)23-15-8-3-9-16-23/h1-9,11-16,19H,10,17-18,20H2,(H3,31,32,33,34). The molecule has 0 aliphatic carbocycles. The third-order valence-electron chi connectivity index (χ3n) is 7.21. The maximum atomic E-state index is 13.8. The number of nitrogens with two attached hydrogens (primary N) is 1. The SMILES string of the molecule is Nc1nc(-c2ccccc2)nc2[nH]c(C(=O)N3CCCC(c4ccccc4)(c4ccccc4)C3)cc12. The molecule has 1 fully saturated rings. The Morgan fingerprint density at radius 2 is 1.47 bits per heavy atom. The fraction of sp³-hybridized carbons (Fsp3) is 0.167. The van der Waals surface area contributed by atoms with Crippen LogP contribution >= 0.6 is 0 Å². The number of carbonyl (C=O) groups excluding carboxylic acids is 1. The number of anilines is 1. The van der Waals surface area contributed by atoms with Crippen LogP contribution in [-0.2, 0) is 5.41 Å². The molecule has 3 heterocycles. The Morgan fingerprint density at radius 3 is 2.11 bits per heavy atom. The average molecular weight is 474 g/mol. The number of aromatic nitrogens is 3.